The van der Waals surface area contributed by atoms with E-state index in [4.69, 9.17) is 16.3 Å². The summed E-state index contributed by atoms with van der Waals surface area (Å²) < 4.78 is 8.76. The largest absolute Gasteiger partial charge is 0.466 e. The van der Waals surface area contributed by atoms with E-state index < -0.39 is 0 Å². The van der Waals surface area contributed by atoms with Gasteiger partial charge in [0.15, 0.2) is 5.65 Å². The first-order chi connectivity index (χ1) is 9.58. The van der Waals surface area contributed by atoms with Crippen LogP contribution in [0, 0.1) is 6.92 Å². The maximum absolute atomic E-state index is 11.4. The lowest BCUT2D eigenvalue weighted by Crippen LogP contribution is -2.09. The minimum Gasteiger partial charge on any atom is -0.466 e. The van der Waals surface area contributed by atoms with Crippen LogP contribution < -0.4 is 0 Å². The third-order valence-electron chi connectivity index (χ3n) is 3.16. The normalized spacial score (nSPS) is 11.2. The van der Waals surface area contributed by atoms with Crippen LogP contribution in [0.5, 0.6) is 0 Å². The molecule has 6 nitrogen and oxygen atoms in total. The highest BCUT2D eigenvalue weighted by molar-refractivity contribution is 6.16. The van der Waals surface area contributed by atoms with E-state index in [2.05, 4.69) is 10.1 Å². The summed E-state index contributed by atoms with van der Waals surface area (Å²) in [5.74, 6) is 0.979. The number of carbonyl (C=O) groups is 1. The van der Waals surface area contributed by atoms with Crippen molar-refractivity contribution in [1.82, 2.24) is 19.3 Å². The molecule has 0 atom stereocenters. The molecule has 0 saturated carbocycles. The molecule has 20 heavy (non-hydrogen) atoms. The lowest BCUT2D eigenvalue weighted by molar-refractivity contribution is -0.143. The van der Waals surface area contributed by atoms with Crippen molar-refractivity contribution in [2.45, 2.75) is 39.1 Å². The molecule has 0 fully saturated rings. The van der Waals surface area contributed by atoms with Crippen molar-refractivity contribution in [3.05, 3.63) is 11.5 Å². The van der Waals surface area contributed by atoms with Gasteiger partial charge in [-0.2, -0.15) is 5.10 Å². The highest BCUT2D eigenvalue weighted by atomic mass is 35.5. The average Bonchev–Trinajstić information content (AvgIpc) is 2.89. The number of aromatic nitrogens is 4. The van der Waals surface area contributed by atoms with Gasteiger partial charge in [-0.3, -0.25) is 9.48 Å². The lowest BCUT2D eigenvalue weighted by Gasteiger charge is -2.08. The Balaban J connectivity index is 2.18. The predicted molar refractivity (Wildman–Crippen MR) is 76.7 cm³/mol. The quantitative estimate of drug-likeness (QED) is 0.605. The first kappa shape index (κ1) is 14.8. The van der Waals surface area contributed by atoms with Gasteiger partial charge in [0.2, 0.25) is 0 Å². The number of alkyl halides is 1. The summed E-state index contributed by atoms with van der Waals surface area (Å²) in [4.78, 5) is 15.9. The third kappa shape index (κ3) is 2.80. The van der Waals surface area contributed by atoms with Crippen LogP contribution in [0.15, 0.2) is 0 Å². The fourth-order valence-electron chi connectivity index (χ4n) is 2.33. The summed E-state index contributed by atoms with van der Waals surface area (Å²) in [5, 5.41) is 4.36. The minimum atomic E-state index is -0.169. The molecule has 0 bridgehead atoms. The molecular weight excluding hydrogens is 280 g/mol. The van der Waals surface area contributed by atoms with Gasteiger partial charge in [0.05, 0.1) is 18.2 Å². The van der Waals surface area contributed by atoms with Gasteiger partial charge in [0.25, 0.3) is 0 Å². The summed E-state index contributed by atoms with van der Waals surface area (Å²) in [7, 11) is 1.89. The molecule has 0 saturated heterocycles. The van der Waals surface area contributed by atoms with Crippen molar-refractivity contribution < 1.29 is 9.53 Å². The van der Waals surface area contributed by atoms with Crippen molar-refractivity contribution in [3.63, 3.8) is 0 Å². The number of esters is 1. The van der Waals surface area contributed by atoms with Gasteiger partial charge in [0.1, 0.15) is 11.3 Å². The summed E-state index contributed by atoms with van der Waals surface area (Å²) >= 11 is 5.95. The van der Waals surface area contributed by atoms with Crippen LogP contribution in [-0.2, 0) is 29.0 Å². The Morgan fingerprint density at radius 3 is 2.85 bits per heavy atom. The van der Waals surface area contributed by atoms with E-state index in [1.54, 1.807) is 11.6 Å². The lowest BCUT2D eigenvalue weighted by atomic mass is 10.3. The van der Waals surface area contributed by atoms with E-state index in [1.165, 1.54) is 0 Å². The summed E-state index contributed by atoms with van der Waals surface area (Å²) in [6.45, 7) is 4.83. The molecule has 2 aromatic rings. The van der Waals surface area contributed by atoms with E-state index >= 15 is 0 Å². The number of halogens is 1. The molecule has 2 rings (SSSR count). The van der Waals surface area contributed by atoms with Gasteiger partial charge < -0.3 is 9.30 Å². The molecule has 0 spiro atoms. The average molecular weight is 299 g/mol. The van der Waals surface area contributed by atoms with Crippen molar-refractivity contribution >= 4 is 28.7 Å². The molecule has 2 heterocycles. The standard InChI is InChI=1S/C13H19ClN4O2/c1-4-20-11(19)6-5-7-18-10(8-14)15-12-9(2)16-17(3)13(12)18/h4-8H2,1-3H3. The second kappa shape index (κ2) is 6.26. The van der Waals surface area contributed by atoms with E-state index in [0.29, 0.717) is 31.9 Å². The Kier molecular flexibility index (Phi) is 4.65. The summed E-state index contributed by atoms with van der Waals surface area (Å²) in [6, 6.07) is 0. The molecular formula is C13H19ClN4O2. The van der Waals surface area contributed by atoms with Crippen LogP contribution in [0.25, 0.3) is 11.2 Å². The number of carbonyl (C=O) groups excluding carboxylic acids is 1. The van der Waals surface area contributed by atoms with Crippen molar-refractivity contribution in [2.75, 3.05) is 6.61 Å². The van der Waals surface area contributed by atoms with Gasteiger partial charge in [-0.05, 0) is 20.3 Å². The van der Waals surface area contributed by atoms with Gasteiger partial charge in [0, 0.05) is 20.0 Å². The fourth-order valence-corrected chi connectivity index (χ4v) is 2.54. The zero-order chi connectivity index (χ0) is 14.7. The number of imidazole rings is 1. The second-order valence-corrected chi connectivity index (χ2v) is 4.87. The molecule has 110 valence electrons. The summed E-state index contributed by atoms with van der Waals surface area (Å²) in [5.41, 5.74) is 2.71. The van der Waals surface area contributed by atoms with Gasteiger partial charge in [-0.15, -0.1) is 11.6 Å². The van der Waals surface area contributed by atoms with Crippen LogP contribution in [-0.4, -0.2) is 31.9 Å². The van der Waals surface area contributed by atoms with E-state index in [-0.39, 0.29) is 5.97 Å². The Hall–Kier alpha value is -1.56. The predicted octanol–water partition coefficient (Wildman–Crippen LogP) is 2.16. The first-order valence-corrected chi connectivity index (χ1v) is 7.22. The maximum atomic E-state index is 11.4. The SMILES string of the molecule is CCOC(=O)CCCn1c(CCl)nc2c(C)nn(C)c21. The molecule has 0 amide bonds. The zero-order valence-electron chi connectivity index (χ0n) is 12.0. The third-order valence-corrected chi connectivity index (χ3v) is 3.40. The van der Waals surface area contributed by atoms with Crippen molar-refractivity contribution in [1.29, 1.82) is 0 Å². The van der Waals surface area contributed by atoms with E-state index in [0.717, 1.165) is 22.7 Å². The van der Waals surface area contributed by atoms with Gasteiger partial charge in [-0.25, -0.2) is 4.98 Å². The van der Waals surface area contributed by atoms with Crippen molar-refractivity contribution in [2.24, 2.45) is 7.05 Å². The fraction of sp³-hybridized carbons (Fsp3) is 0.615. The molecule has 0 aromatic carbocycles. The smallest absolute Gasteiger partial charge is 0.305 e. The van der Waals surface area contributed by atoms with Crippen LogP contribution in [0.2, 0.25) is 0 Å². The Labute approximate surface area is 122 Å². The second-order valence-electron chi connectivity index (χ2n) is 4.60. The summed E-state index contributed by atoms with van der Waals surface area (Å²) in [6.07, 6.45) is 1.09. The van der Waals surface area contributed by atoms with Crippen molar-refractivity contribution in [3.8, 4) is 0 Å². The topological polar surface area (TPSA) is 61.9 Å². The molecule has 7 heteroatoms. The molecule has 0 aliphatic carbocycles. The first-order valence-electron chi connectivity index (χ1n) is 6.68. The highest BCUT2D eigenvalue weighted by Crippen LogP contribution is 2.20. The number of ether oxygens (including phenoxy) is 1. The van der Waals surface area contributed by atoms with E-state index in [9.17, 15) is 4.79 Å². The number of rotatable bonds is 6. The number of hydrogen-bond donors (Lipinski definition) is 0. The molecule has 0 N–H and O–H groups in total. The maximum Gasteiger partial charge on any atom is 0.305 e. The Morgan fingerprint density at radius 1 is 1.45 bits per heavy atom. The van der Waals surface area contributed by atoms with Crippen LogP contribution in [0.1, 0.15) is 31.3 Å². The molecule has 0 unspecified atom stereocenters. The molecule has 0 radical (unpaired) electrons. The zero-order valence-corrected chi connectivity index (χ0v) is 12.8. The molecule has 2 aromatic heterocycles. The van der Waals surface area contributed by atoms with Crippen LogP contribution in [0.3, 0.4) is 0 Å². The number of aryl methyl sites for hydroxylation is 3. The Bertz CT molecular complexity index is 617. The number of hydrogen-bond acceptors (Lipinski definition) is 4. The van der Waals surface area contributed by atoms with Gasteiger partial charge in [-0.1, -0.05) is 0 Å². The molecule has 0 aliphatic heterocycles. The number of nitrogens with zero attached hydrogens (tertiary/aromatic N) is 4. The van der Waals surface area contributed by atoms with E-state index in [1.807, 2.05) is 18.5 Å². The number of fused-ring (bicyclic) bond motifs is 1. The minimum absolute atomic E-state index is 0.169. The highest BCUT2D eigenvalue weighted by Gasteiger charge is 2.16. The van der Waals surface area contributed by atoms with Gasteiger partial charge >= 0.3 is 5.97 Å². The van der Waals surface area contributed by atoms with Crippen LogP contribution >= 0.6 is 11.6 Å². The van der Waals surface area contributed by atoms with Crippen LogP contribution in [0.4, 0.5) is 0 Å². The Morgan fingerprint density at radius 2 is 2.20 bits per heavy atom. The molecule has 0 aliphatic rings. The monoisotopic (exact) mass is 298 g/mol.